The Hall–Kier alpha value is -3.46. The van der Waals surface area contributed by atoms with Gasteiger partial charge in [0.25, 0.3) is 0 Å². The Bertz CT molecular complexity index is 1480. The van der Waals surface area contributed by atoms with Gasteiger partial charge in [-0.05, 0) is 68.0 Å². The SMILES string of the molecule is C=C(CCC(CC)Nc1cccc2c1cc(C#CCNc1ccc(S(C)=O)cc1OC)n2CC(F)(F)F)CC(O)COC. The van der Waals surface area contributed by atoms with Crippen molar-refractivity contribution in [2.45, 2.75) is 62.4 Å². The van der Waals surface area contributed by atoms with Crippen LogP contribution in [0.3, 0.4) is 0 Å². The number of benzene rings is 2. The molecule has 3 rings (SSSR count). The van der Waals surface area contributed by atoms with Crippen molar-refractivity contribution < 1.29 is 32.0 Å². The maximum Gasteiger partial charge on any atom is 0.406 e. The van der Waals surface area contributed by atoms with Gasteiger partial charge in [-0.1, -0.05) is 31.1 Å². The van der Waals surface area contributed by atoms with E-state index in [0.29, 0.717) is 40.1 Å². The fourth-order valence-corrected chi connectivity index (χ4v) is 5.33. The molecule has 0 spiro atoms. The van der Waals surface area contributed by atoms with E-state index in [1.54, 1.807) is 42.7 Å². The molecule has 1 heterocycles. The third-order valence-corrected chi connectivity index (χ3v) is 7.87. The third kappa shape index (κ3) is 10.1. The van der Waals surface area contributed by atoms with Gasteiger partial charge in [0.05, 0.1) is 43.3 Å². The minimum atomic E-state index is -4.43. The predicted molar refractivity (Wildman–Crippen MR) is 167 cm³/mol. The average molecular weight is 620 g/mol. The van der Waals surface area contributed by atoms with Crippen LogP contribution in [0, 0.1) is 11.8 Å². The molecule has 3 unspecified atom stereocenters. The van der Waals surface area contributed by atoms with Gasteiger partial charge in [-0.2, -0.15) is 13.2 Å². The lowest BCUT2D eigenvalue weighted by Gasteiger charge is -2.20. The molecule has 0 bridgehead atoms. The highest BCUT2D eigenvalue weighted by atomic mass is 32.2. The van der Waals surface area contributed by atoms with Crippen LogP contribution >= 0.6 is 0 Å². The first-order valence-corrected chi connectivity index (χ1v) is 15.5. The van der Waals surface area contributed by atoms with Gasteiger partial charge in [0.2, 0.25) is 0 Å². The van der Waals surface area contributed by atoms with Crippen LogP contribution in [-0.4, -0.2) is 65.8 Å². The van der Waals surface area contributed by atoms with E-state index in [9.17, 15) is 22.5 Å². The summed E-state index contributed by atoms with van der Waals surface area (Å²) in [6.07, 6.45) is -0.752. The fourth-order valence-electron chi connectivity index (χ4n) is 4.80. The van der Waals surface area contributed by atoms with Crippen molar-refractivity contribution in [2.75, 3.05) is 44.3 Å². The Balaban J connectivity index is 1.82. The van der Waals surface area contributed by atoms with Crippen molar-refractivity contribution >= 4 is 33.1 Å². The highest BCUT2D eigenvalue weighted by Crippen LogP contribution is 2.31. The Morgan fingerprint density at radius 3 is 2.60 bits per heavy atom. The molecule has 11 heteroatoms. The molecule has 234 valence electrons. The summed E-state index contributed by atoms with van der Waals surface area (Å²) in [5.41, 5.74) is 2.97. The minimum absolute atomic E-state index is 0.0538. The summed E-state index contributed by atoms with van der Waals surface area (Å²) in [6, 6.07) is 12.1. The lowest BCUT2D eigenvalue weighted by molar-refractivity contribution is -0.140. The second kappa shape index (κ2) is 15.8. The second-order valence-electron chi connectivity index (χ2n) is 10.3. The predicted octanol–water partition coefficient (Wildman–Crippen LogP) is 6.34. The topological polar surface area (TPSA) is 84.8 Å². The standard InChI is InChI=1S/C32H40F3N3O4S/c1-6-23(13-12-22(2)17-25(39)20-41-3)37-28-10-7-11-30-27(28)18-24(38(30)21-32(33,34)35)9-8-16-36-29-15-14-26(43(5)40)19-31(29)42-4/h7,10-11,14-15,18-19,23,25,36-37,39H,2,6,12-13,16-17,20-21H2,1,3-5H3. The number of hydrogen-bond donors (Lipinski definition) is 3. The number of aliphatic hydroxyl groups excluding tert-OH is 1. The number of halogens is 3. The van der Waals surface area contributed by atoms with Crippen molar-refractivity contribution in [3.05, 3.63) is 60.3 Å². The molecule has 0 aliphatic heterocycles. The molecule has 0 amide bonds. The van der Waals surface area contributed by atoms with Gasteiger partial charge in [-0.25, -0.2) is 0 Å². The quantitative estimate of drug-likeness (QED) is 0.136. The first kappa shape index (κ1) is 34.0. The Labute approximate surface area is 253 Å². The number of nitrogens with zero attached hydrogens (tertiary/aromatic N) is 1. The van der Waals surface area contributed by atoms with Gasteiger partial charge < -0.3 is 29.8 Å². The molecule has 1 aromatic heterocycles. The van der Waals surface area contributed by atoms with Crippen LogP contribution in [0.4, 0.5) is 24.5 Å². The molecule has 0 aliphatic rings. The summed E-state index contributed by atoms with van der Waals surface area (Å²) >= 11 is 0. The van der Waals surface area contributed by atoms with E-state index in [2.05, 4.69) is 29.1 Å². The van der Waals surface area contributed by atoms with E-state index in [1.165, 1.54) is 18.8 Å². The van der Waals surface area contributed by atoms with Gasteiger partial charge in [0, 0.05) is 46.2 Å². The molecule has 7 nitrogen and oxygen atoms in total. The number of aromatic nitrogens is 1. The van der Waals surface area contributed by atoms with E-state index >= 15 is 0 Å². The largest absolute Gasteiger partial charge is 0.495 e. The summed E-state index contributed by atoms with van der Waals surface area (Å²) in [4.78, 5) is 0.616. The molecular weight excluding hydrogens is 579 g/mol. The molecule has 2 aromatic carbocycles. The number of nitrogens with one attached hydrogen (secondary N) is 2. The summed E-state index contributed by atoms with van der Waals surface area (Å²) in [6.45, 7) is 5.35. The van der Waals surface area contributed by atoms with Crippen LogP contribution in [0.25, 0.3) is 10.9 Å². The number of alkyl halides is 3. The van der Waals surface area contributed by atoms with Crippen molar-refractivity contribution in [1.29, 1.82) is 0 Å². The maximum absolute atomic E-state index is 13.6. The van der Waals surface area contributed by atoms with Crippen LogP contribution in [0.5, 0.6) is 5.75 Å². The molecular formula is C32H40F3N3O4S. The minimum Gasteiger partial charge on any atom is -0.495 e. The average Bonchev–Trinajstić information content (AvgIpc) is 3.29. The molecule has 3 N–H and O–H groups in total. The fraction of sp³-hybridized carbons (Fsp3) is 0.438. The van der Waals surface area contributed by atoms with Gasteiger partial charge in [-0.15, -0.1) is 0 Å². The number of fused-ring (bicyclic) bond motifs is 1. The van der Waals surface area contributed by atoms with Crippen LogP contribution in [-0.2, 0) is 22.1 Å². The number of anilines is 2. The zero-order valence-corrected chi connectivity index (χ0v) is 25.8. The zero-order valence-electron chi connectivity index (χ0n) is 25.0. The molecule has 3 atom stereocenters. The number of hydrogen-bond acceptors (Lipinski definition) is 6. The van der Waals surface area contributed by atoms with Crippen molar-refractivity contribution in [2.24, 2.45) is 0 Å². The monoisotopic (exact) mass is 619 g/mol. The Kier molecular flexibility index (Phi) is 12.5. The van der Waals surface area contributed by atoms with E-state index < -0.39 is 29.6 Å². The lowest BCUT2D eigenvalue weighted by Crippen LogP contribution is -2.20. The summed E-state index contributed by atoms with van der Waals surface area (Å²) in [7, 11) is 1.87. The van der Waals surface area contributed by atoms with E-state index in [1.807, 2.05) is 13.0 Å². The van der Waals surface area contributed by atoms with Gasteiger partial charge in [-0.3, -0.25) is 4.21 Å². The zero-order chi connectivity index (χ0) is 31.6. The van der Waals surface area contributed by atoms with Gasteiger partial charge in [0.15, 0.2) is 0 Å². The van der Waals surface area contributed by atoms with Crippen molar-refractivity contribution in [3.8, 4) is 17.6 Å². The van der Waals surface area contributed by atoms with E-state index in [0.717, 1.165) is 24.1 Å². The molecule has 43 heavy (non-hydrogen) atoms. The van der Waals surface area contributed by atoms with E-state index in [-0.39, 0.29) is 24.9 Å². The second-order valence-corrected chi connectivity index (χ2v) is 11.7. The first-order valence-electron chi connectivity index (χ1n) is 14.0. The number of methoxy groups -OCH3 is 2. The van der Waals surface area contributed by atoms with Crippen molar-refractivity contribution in [1.82, 2.24) is 4.57 Å². The lowest BCUT2D eigenvalue weighted by atomic mass is 10.00. The highest BCUT2D eigenvalue weighted by Gasteiger charge is 2.30. The molecule has 0 saturated carbocycles. The molecule has 0 aliphatic carbocycles. The van der Waals surface area contributed by atoms with Crippen LogP contribution < -0.4 is 15.4 Å². The maximum atomic E-state index is 13.6. The summed E-state index contributed by atoms with van der Waals surface area (Å²) in [5, 5.41) is 17.3. The smallest absolute Gasteiger partial charge is 0.406 e. The van der Waals surface area contributed by atoms with Crippen LogP contribution in [0.15, 0.2) is 59.5 Å². The molecule has 0 fully saturated rings. The first-order chi connectivity index (χ1) is 20.4. The number of rotatable bonds is 15. The van der Waals surface area contributed by atoms with Crippen LogP contribution in [0.2, 0.25) is 0 Å². The molecule has 0 radical (unpaired) electrons. The Morgan fingerprint density at radius 1 is 1.19 bits per heavy atom. The van der Waals surface area contributed by atoms with Gasteiger partial charge in [0.1, 0.15) is 12.3 Å². The number of ether oxygens (including phenoxy) is 2. The van der Waals surface area contributed by atoms with Crippen LogP contribution in [0.1, 0.15) is 38.3 Å². The summed E-state index contributed by atoms with van der Waals surface area (Å²) in [5.74, 6) is 6.34. The third-order valence-electron chi connectivity index (χ3n) is 6.95. The van der Waals surface area contributed by atoms with Crippen molar-refractivity contribution in [3.63, 3.8) is 0 Å². The van der Waals surface area contributed by atoms with E-state index in [4.69, 9.17) is 9.47 Å². The normalized spacial score (nSPS) is 13.6. The van der Waals surface area contributed by atoms with Gasteiger partial charge >= 0.3 is 6.18 Å². The highest BCUT2D eigenvalue weighted by molar-refractivity contribution is 7.84. The molecule has 0 saturated heterocycles. The summed E-state index contributed by atoms with van der Waals surface area (Å²) < 4.78 is 64.2. The molecule has 3 aromatic rings. The Morgan fingerprint density at radius 2 is 1.95 bits per heavy atom. The number of aliphatic hydroxyl groups is 1.